The smallest absolute Gasteiger partial charge is 0.386 e. The SMILES string of the molecule is C#C[C@@]1(O)[C@H](O)[C@@](CF)(COP(=O)(O)OP(=O)(O)OP(=O)(O)O)O[C@H]1N1C=CC(=O)NC1=C. The van der Waals surface area contributed by atoms with E-state index >= 15 is 0 Å². The van der Waals surface area contributed by atoms with Gasteiger partial charge in [0.2, 0.25) is 0 Å². The quantitative estimate of drug-likeness (QED) is 0.131. The second kappa shape index (κ2) is 9.29. The maximum Gasteiger partial charge on any atom is 0.490 e. The average Bonchev–Trinajstić information content (AvgIpc) is 2.86. The summed E-state index contributed by atoms with van der Waals surface area (Å²) in [6, 6.07) is 0. The topological polar surface area (TPSA) is 242 Å². The monoisotopic (exact) mass is 538 g/mol. The number of aliphatic hydroxyl groups is 2. The molecule has 2 rings (SSSR count). The second-order valence-electron chi connectivity index (χ2n) is 6.56. The fourth-order valence-corrected chi connectivity index (χ4v) is 5.86. The number of ether oxygens (including phenoxy) is 1. The summed E-state index contributed by atoms with van der Waals surface area (Å²) >= 11 is 0. The van der Waals surface area contributed by atoms with Crippen molar-refractivity contribution in [3.63, 3.8) is 0 Å². The molecule has 1 saturated heterocycles. The first kappa shape index (κ1) is 27.8. The van der Waals surface area contributed by atoms with Gasteiger partial charge < -0.3 is 44.7 Å². The first-order chi connectivity index (χ1) is 14.9. The largest absolute Gasteiger partial charge is 0.490 e. The second-order valence-corrected chi connectivity index (χ2v) is 11.0. The van der Waals surface area contributed by atoms with Crippen LogP contribution in [0, 0.1) is 12.3 Å². The summed E-state index contributed by atoms with van der Waals surface area (Å²) in [5.41, 5.74) is -5.41. The van der Waals surface area contributed by atoms with E-state index in [1.807, 2.05) is 0 Å². The van der Waals surface area contributed by atoms with Gasteiger partial charge in [-0.1, -0.05) is 12.5 Å². The lowest BCUT2D eigenvalue weighted by atomic mass is 9.87. The highest BCUT2D eigenvalue weighted by Crippen LogP contribution is 2.66. The molecule has 2 heterocycles. The van der Waals surface area contributed by atoms with Crippen molar-refractivity contribution < 1.29 is 70.5 Å². The number of amides is 1. The Labute approximate surface area is 184 Å². The van der Waals surface area contributed by atoms with E-state index in [0.29, 0.717) is 0 Å². The van der Waals surface area contributed by atoms with Gasteiger partial charge in [-0.05, 0) is 0 Å². The Hall–Kier alpha value is -1.47. The molecule has 0 aliphatic carbocycles. The van der Waals surface area contributed by atoms with Crippen LogP contribution in [0.4, 0.5) is 4.39 Å². The van der Waals surface area contributed by atoms with E-state index in [9.17, 15) is 38.0 Å². The zero-order chi connectivity index (χ0) is 25.5. The molecule has 0 bridgehead atoms. The Morgan fingerprint density at radius 1 is 1.27 bits per heavy atom. The average molecular weight is 538 g/mol. The molecule has 33 heavy (non-hydrogen) atoms. The van der Waals surface area contributed by atoms with Crippen LogP contribution in [0.1, 0.15) is 0 Å². The fourth-order valence-electron chi connectivity index (χ4n) is 2.79. The minimum absolute atomic E-state index is 0.212. The molecule has 16 nitrogen and oxygen atoms in total. The number of nitrogens with one attached hydrogen (secondary N) is 1. The summed E-state index contributed by atoms with van der Waals surface area (Å²) in [6.45, 7) is 0.305. The Balaban J connectivity index is 2.28. The van der Waals surface area contributed by atoms with Gasteiger partial charge in [0.05, 0.1) is 6.61 Å². The number of rotatable bonds is 9. The normalized spacial score (nSPS) is 33.8. The van der Waals surface area contributed by atoms with Gasteiger partial charge in [0.1, 0.15) is 18.6 Å². The number of phosphoric acid groups is 3. The number of carbonyl (C=O) groups is 1. The van der Waals surface area contributed by atoms with Gasteiger partial charge in [-0.2, -0.15) is 8.62 Å². The van der Waals surface area contributed by atoms with Crippen LogP contribution in [0.15, 0.2) is 24.7 Å². The van der Waals surface area contributed by atoms with Crippen molar-refractivity contribution in [1.29, 1.82) is 0 Å². The van der Waals surface area contributed by atoms with Crippen molar-refractivity contribution in [2.75, 3.05) is 13.3 Å². The third kappa shape index (κ3) is 6.16. The highest BCUT2D eigenvalue weighted by Gasteiger charge is 2.65. The third-order valence-electron chi connectivity index (χ3n) is 4.20. The van der Waals surface area contributed by atoms with E-state index in [0.717, 1.165) is 17.2 Å². The predicted molar refractivity (Wildman–Crippen MR) is 101 cm³/mol. The number of terminal acetylenes is 1. The lowest BCUT2D eigenvalue weighted by Gasteiger charge is -2.36. The van der Waals surface area contributed by atoms with Crippen molar-refractivity contribution in [3.05, 3.63) is 24.7 Å². The van der Waals surface area contributed by atoms with E-state index in [2.05, 4.69) is 25.0 Å². The molecule has 0 saturated carbocycles. The van der Waals surface area contributed by atoms with Crippen molar-refractivity contribution >= 4 is 29.4 Å². The molecular formula is C13H18FN2O14P3. The Kier molecular flexibility index (Phi) is 7.82. The minimum atomic E-state index is -5.87. The molecule has 2 aliphatic heterocycles. The number of hydrogen-bond donors (Lipinski definition) is 7. The molecule has 1 fully saturated rings. The maximum atomic E-state index is 14.0. The number of aliphatic hydroxyl groups excluding tert-OH is 1. The molecular weight excluding hydrogens is 520 g/mol. The van der Waals surface area contributed by atoms with Gasteiger partial charge in [-0.15, -0.1) is 6.42 Å². The molecule has 2 aliphatic rings. The zero-order valence-corrected chi connectivity index (χ0v) is 18.8. The van der Waals surface area contributed by atoms with Crippen LogP contribution in [0.25, 0.3) is 0 Å². The van der Waals surface area contributed by atoms with E-state index < -0.39 is 66.2 Å². The first-order valence-electron chi connectivity index (χ1n) is 8.27. The highest BCUT2D eigenvalue weighted by molar-refractivity contribution is 7.66. The van der Waals surface area contributed by atoms with Crippen LogP contribution in [0.5, 0.6) is 0 Å². The molecule has 0 aromatic rings. The fraction of sp³-hybridized carbons (Fsp3) is 0.462. The van der Waals surface area contributed by atoms with Crippen molar-refractivity contribution in [2.24, 2.45) is 0 Å². The van der Waals surface area contributed by atoms with Crippen molar-refractivity contribution in [1.82, 2.24) is 10.2 Å². The van der Waals surface area contributed by atoms with E-state index in [1.165, 1.54) is 0 Å². The van der Waals surface area contributed by atoms with Gasteiger partial charge in [-0.3, -0.25) is 9.32 Å². The number of carbonyl (C=O) groups excluding carboxylic acids is 1. The number of phosphoric ester groups is 1. The summed E-state index contributed by atoms with van der Waals surface area (Å²) in [5, 5.41) is 23.5. The molecule has 2 unspecified atom stereocenters. The van der Waals surface area contributed by atoms with Crippen LogP contribution >= 0.6 is 23.5 Å². The molecule has 7 N–H and O–H groups in total. The summed E-state index contributed by atoms with van der Waals surface area (Å²) in [7, 11) is -17.3. The Morgan fingerprint density at radius 2 is 1.88 bits per heavy atom. The zero-order valence-electron chi connectivity index (χ0n) is 16.1. The minimum Gasteiger partial charge on any atom is -0.386 e. The molecule has 1 amide bonds. The molecule has 0 spiro atoms. The summed E-state index contributed by atoms with van der Waals surface area (Å²) in [5.74, 6) is 0.961. The summed E-state index contributed by atoms with van der Waals surface area (Å²) < 4.78 is 64.7. The van der Waals surface area contributed by atoms with Crippen molar-refractivity contribution in [3.8, 4) is 12.3 Å². The van der Waals surface area contributed by atoms with Crippen LogP contribution in [-0.4, -0.2) is 77.4 Å². The van der Waals surface area contributed by atoms with Gasteiger partial charge in [0, 0.05) is 12.3 Å². The molecule has 0 aromatic carbocycles. The van der Waals surface area contributed by atoms with Crippen LogP contribution < -0.4 is 5.32 Å². The number of nitrogens with zero attached hydrogens (tertiary/aromatic N) is 1. The van der Waals surface area contributed by atoms with E-state index in [4.69, 9.17) is 25.8 Å². The lowest BCUT2D eigenvalue weighted by molar-refractivity contribution is -0.145. The van der Waals surface area contributed by atoms with Gasteiger partial charge in [0.15, 0.2) is 17.4 Å². The number of halogens is 1. The third-order valence-corrected chi connectivity index (χ3v) is 7.98. The lowest BCUT2D eigenvalue weighted by Crippen LogP contribution is -2.56. The summed E-state index contributed by atoms with van der Waals surface area (Å²) in [6.07, 6.45) is 3.04. The van der Waals surface area contributed by atoms with Crippen LogP contribution in [-0.2, 0) is 36.4 Å². The Bertz CT molecular complexity index is 1040. The van der Waals surface area contributed by atoms with Gasteiger partial charge in [0.25, 0.3) is 5.91 Å². The van der Waals surface area contributed by atoms with Gasteiger partial charge >= 0.3 is 23.5 Å². The first-order valence-corrected chi connectivity index (χ1v) is 12.8. The van der Waals surface area contributed by atoms with E-state index in [-0.39, 0.29) is 5.82 Å². The molecule has 0 radical (unpaired) electrons. The number of hydrogen-bond acceptors (Lipinski definition) is 11. The predicted octanol–water partition coefficient (Wildman–Crippen LogP) is -1.46. The molecule has 20 heteroatoms. The molecule has 0 aromatic heterocycles. The standard InChI is InChI=1S/C13H18FN2O14P3/c1-3-13(19)10(18)12(6-14,28-11(13)16-5-4-9(17)15-8(16)2)7-27-32(23,24)30-33(25,26)29-31(20,21)22/h1,4-5,10-11,18-19H,2,6-7H2,(H,15,17)(H,23,24)(H,25,26)(H2,20,21,22)/t10-,11-,12-,13-/m1/s1. The summed E-state index contributed by atoms with van der Waals surface area (Å²) in [4.78, 5) is 48.1. The van der Waals surface area contributed by atoms with Crippen LogP contribution in [0.2, 0.25) is 0 Å². The Morgan fingerprint density at radius 3 is 2.36 bits per heavy atom. The van der Waals surface area contributed by atoms with Crippen LogP contribution in [0.3, 0.4) is 0 Å². The van der Waals surface area contributed by atoms with Crippen molar-refractivity contribution in [2.45, 2.75) is 23.5 Å². The molecule has 6 atom stereocenters. The highest BCUT2D eigenvalue weighted by atomic mass is 31.3. The van der Waals surface area contributed by atoms with E-state index in [1.54, 1.807) is 5.92 Å². The molecule has 186 valence electrons. The number of alkyl halides is 1. The maximum absolute atomic E-state index is 14.0. The van der Waals surface area contributed by atoms with Gasteiger partial charge in [-0.25, -0.2) is 18.1 Å².